The van der Waals surface area contributed by atoms with Gasteiger partial charge in [-0.3, -0.25) is 4.98 Å². The molecule has 0 aliphatic carbocycles. The van der Waals surface area contributed by atoms with Crippen molar-refractivity contribution in [1.29, 1.82) is 0 Å². The molecule has 4 heterocycles. The third-order valence-corrected chi connectivity index (χ3v) is 6.24. The van der Waals surface area contributed by atoms with Crippen LogP contribution in [0.25, 0.3) is 10.9 Å². The van der Waals surface area contributed by atoms with Gasteiger partial charge in [-0.1, -0.05) is 24.3 Å². The van der Waals surface area contributed by atoms with Crippen LogP contribution in [0.2, 0.25) is 0 Å². The topological polar surface area (TPSA) is 107 Å². The van der Waals surface area contributed by atoms with Crippen molar-refractivity contribution in [1.82, 2.24) is 24.9 Å². The van der Waals surface area contributed by atoms with Crippen LogP contribution in [-0.2, 0) is 6.42 Å². The van der Waals surface area contributed by atoms with E-state index in [1.54, 1.807) is 12.4 Å². The van der Waals surface area contributed by atoms with Gasteiger partial charge in [0.15, 0.2) is 0 Å². The Morgan fingerprint density at radius 1 is 1.03 bits per heavy atom. The van der Waals surface area contributed by atoms with Crippen LogP contribution in [0.3, 0.4) is 0 Å². The zero-order valence-corrected chi connectivity index (χ0v) is 18.9. The summed E-state index contributed by atoms with van der Waals surface area (Å²) in [6.45, 7) is 2.51. The van der Waals surface area contributed by atoms with Gasteiger partial charge in [0.2, 0.25) is 17.8 Å². The Labute approximate surface area is 196 Å². The summed E-state index contributed by atoms with van der Waals surface area (Å²) in [6, 6.07) is 14.0. The molecule has 3 N–H and O–H groups in total. The molecule has 0 radical (unpaired) electrons. The Bertz CT molecular complexity index is 1220. The molecule has 5 rings (SSSR count). The molecule has 1 aromatic carbocycles. The van der Waals surface area contributed by atoms with Gasteiger partial charge in [-0.2, -0.15) is 31.8 Å². The van der Waals surface area contributed by atoms with Gasteiger partial charge in [-0.25, -0.2) is 5.43 Å². The second kappa shape index (κ2) is 10.3. The Balaban J connectivity index is 1.31. The monoisotopic (exact) mass is 459 g/mol. The largest absolute Gasteiger partial charge is 0.361 e. The fourth-order valence-electron chi connectivity index (χ4n) is 3.61. The molecule has 168 valence electrons. The number of hydrogen-bond donors (Lipinski definition) is 3. The van der Waals surface area contributed by atoms with Crippen LogP contribution in [0.15, 0.2) is 60.0 Å². The summed E-state index contributed by atoms with van der Waals surface area (Å²) in [7, 11) is 0. The molecule has 10 heteroatoms. The van der Waals surface area contributed by atoms with Gasteiger partial charge in [0, 0.05) is 72.1 Å². The first-order valence-corrected chi connectivity index (χ1v) is 12.1. The summed E-state index contributed by atoms with van der Waals surface area (Å²) >= 11 is 1.95. The van der Waals surface area contributed by atoms with Crippen molar-refractivity contribution in [3.8, 4) is 0 Å². The number of benzene rings is 1. The molecule has 9 nitrogen and oxygen atoms in total. The van der Waals surface area contributed by atoms with E-state index in [1.165, 1.54) is 0 Å². The molecule has 33 heavy (non-hydrogen) atoms. The quantitative estimate of drug-likeness (QED) is 0.272. The molecule has 0 bridgehead atoms. The van der Waals surface area contributed by atoms with Crippen LogP contribution in [0.5, 0.6) is 0 Å². The Kier molecular flexibility index (Phi) is 6.62. The van der Waals surface area contributed by atoms with E-state index < -0.39 is 0 Å². The molecule has 4 aromatic rings. The first kappa shape index (κ1) is 21.2. The van der Waals surface area contributed by atoms with E-state index in [0.29, 0.717) is 24.4 Å². The molecule has 1 aliphatic heterocycles. The number of nitrogens with one attached hydrogen (secondary N) is 3. The molecule has 3 aromatic heterocycles. The van der Waals surface area contributed by atoms with Crippen LogP contribution in [0.1, 0.15) is 11.3 Å². The lowest BCUT2D eigenvalue weighted by Crippen LogP contribution is -2.34. The van der Waals surface area contributed by atoms with E-state index in [0.717, 1.165) is 53.2 Å². The summed E-state index contributed by atoms with van der Waals surface area (Å²) in [5.41, 5.74) is 6.07. The van der Waals surface area contributed by atoms with Crippen molar-refractivity contribution in [2.75, 3.05) is 46.8 Å². The third kappa shape index (κ3) is 5.40. The smallest absolute Gasteiger partial charge is 0.250 e. The van der Waals surface area contributed by atoms with Crippen LogP contribution in [-0.4, -0.2) is 62.3 Å². The number of para-hydroxylation sites is 1. The maximum atomic E-state index is 4.65. The summed E-state index contributed by atoms with van der Waals surface area (Å²) in [5.74, 6) is 3.73. The molecule has 0 saturated carbocycles. The second-order valence-electron chi connectivity index (χ2n) is 7.54. The number of rotatable bonds is 8. The van der Waals surface area contributed by atoms with Crippen LogP contribution >= 0.6 is 11.8 Å². The van der Waals surface area contributed by atoms with Crippen molar-refractivity contribution in [3.63, 3.8) is 0 Å². The zero-order valence-electron chi connectivity index (χ0n) is 18.1. The van der Waals surface area contributed by atoms with Gasteiger partial charge in [0.1, 0.15) is 0 Å². The average Bonchev–Trinajstić information content (AvgIpc) is 3.28. The van der Waals surface area contributed by atoms with Crippen LogP contribution in [0, 0.1) is 0 Å². The zero-order chi connectivity index (χ0) is 22.3. The fourth-order valence-corrected chi connectivity index (χ4v) is 4.51. The molecule has 0 unspecified atom stereocenters. The summed E-state index contributed by atoms with van der Waals surface area (Å²) < 4.78 is 0. The fraction of sp³-hybridized carbons (Fsp3) is 0.261. The van der Waals surface area contributed by atoms with Crippen LogP contribution in [0.4, 0.5) is 17.8 Å². The first-order valence-electron chi connectivity index (χ1n) is 10.9. The Hall–Kier alpha value is -3.66. The minimum atomic E-state index is 0.412. The minimum absolute atomic E-state index is 0.412. The lowest BCUT2D eigenvalue weighted by Gasteiger charge is -2.26. The average molecular weight is 460 g/mol. The van der Waals surface area contributed by atoms with E-state index in [2.05, 4.69) is 51.7 Å². The van der Waals surface area contributed by atoms with Crippen molar-refractivity contribution in [2.24, 2.45) is 5.10 Å². The van der Waals surface area contributed by atoms with Gasteiger partial charge in [0.05, 0.1) is 6.21 Å². The van der Waals surface area contributed by atoms with Crippen molar-refractivity contribution in [3.05, 3.63) is 66.1 Å². The van der Waals surface area contributed by atoms with Gasteiger partial charge in [-0.15, -0.1) is 0 Å². The third-order valence-electron chi connectivity index (χ3n) is 5.30. The van der Waals surface area contributed by atoms with E-state index in [4.69, 9.17) is 0 Å². The number of hydrogen-bond acceptors (Lipinski definition) is 9. The Morgan fingerprint density at radius 2 is 1.88 bits per heavy atom. The van der Waals surface area contributed by atoms with Gasteiger partial charge >= 0.3 is 0 Å². The lowest BCUT2D eigenvalue weighted by atomic mass is 10.2. The highest BCUT2D eigenvalue weighted by molar-refractivity contribution is 7.99. The number of H-pyrrole nitrogens is 1. The maximum Gasteiger partial charge on any atom is 0.250 e. The molecule has 0 atom stereocenters. The number of thioether (sulfide) groups is 1. The number of fused-ring (bicyclic) bond motifs is 1. The molecule has 1 saturated heterocycles. The van der Waals surface area contributed by atoms with Gasteiger partial charge in [0.25, 0.3) is 0 Å². The first-order chi connectivity index (χ1) is 16.3. The van der Waals surface area contributed by atoms with Crippen molar-refractivity contribution < 1.29 is 0 Å². The van der Waals surface area contributed by atoms with Gasteiger partial charge < -0.3 is 15.2 Å². The number of pyridine rings is 1. The summed E-state index contributed by atoms with van der Waals surface area (Å²) in [4.78, 5) is 23.6. The molecular weight excluding hydrogens is 434 g/mol. The van der Waals surface area contributed by atoms with Crippen LogP contribution < -0.4 is 15.6 Å². The molecule has 0 spiro atoms. The molecule has 1 aliphatic rings. The predicted octanol–water partition coefficient (Wildman–Crippen LogP) is 3.40. The van der Waals surface area contributed by atoms with E-state index in [1.807, 2.05) is 54.4 Å². The van der Waals surface area contributed by atoms with E-state index in [-0.39, 0.29) is 0 Å². The highest BCUT2D eigenvalue weighted by Crippen LogP contribution is 2.19. The molecule has 1 fully saturated rings. The summed E-state index contributed by atoms with van der Waals surface area (Å²) in [5, 5.41) is 8.80. The van der Waals surface area contributed by atoms with Crippen molar-refractivity contribution in [2.45, 2.75) is 6.42 Å². The maximum absolute atomic E-state index is 4.65. The van der Waals surface area contributed by atoms with E-state index in [9.17, 15) is 0 Å². The highest BCUT2D eigenvalue weighted by Gasteiger charge is 2.16. The number of aromatic nitrogens is 5. The minimum Gasteiger partial charge on any atom is -0.361 e. The lowest BCUT2D eigenvalue weighted by molar-refractivity contribution is 0.805. The van der Waals surface area contributed by atoms with E-state index >= 15 is 0 Å². The predicted molar refractivity (Wildman–Crippen MR) is 135 cm³/mol. The molecule has 0 amide bonds. The SMILES string of the molecule is C(=N\Nc1nc(NCCc2ccccn2)nc(N2CCSCC2)n1)/c1c[nH]c2ccccc12. The number of aromatic amines is 1. The number of hydrazone groups is 1. The highest BCUT2D eigenvalue weighted by atomic mass is 32.2. The second-order valence-corrected chi connectivity index (χ2v) is 8.76. The van der Waals surface area contributed by atoms with Crippen molar-refractivity contribution >= 4 is 46.7 Å². The summed E-state index contributed by atoms with van der Waals surface area (Å²) in [6.07, 6.45) is 6.29. The van der Waals surface area contributed by atoms with Gasteiger partial charge in [-0.05, 0) is 18.2 Å². The number of anilines is 3. The number of nitrogens with zero attached hydrogens (tertiary/aromatic N) is 6. The molecular formula is C23H25N9S. The standard InChI is InChI=1S/C23H25N9S/c1-2-7-20-19(6-1)17(15-26-20)16-27-31-22-28-21(25-10-8-18-5-3-4-9-24-18)29-23(30-22)32-11-13-33-14-12-32/h1-7,9,15-16,26H,8,10-14H2,(H2,25,28,29,30,31)/b27-16+. The Morgan fingerprint density at radius 3 is 2.76 bits per heavy atom. The normalized spacial score (nSPS) is 14.1.